The molecule has 1 aromatic rings. The molecule has 0 saturated carbocycles. The number of halogens is 3. The zero-order valence-electron chi connectivity index (χ0n) is 13.4. The molecule has 10 heteroatoms. The fourth-order valence-corrected chi connectivity index (χ4v) is 4.09. The zero-order chi connectivity index (χ0) is 19.1. The van der Waals surface area contributed by atoms with Crippen LogP contribution in [0.5, 0.6) is 0 Å². The summed E-state index contributed by atoms with van der Waals surface area (Å²) in [6, 6.07) is 6.94. The summed E-state index contributed by atoms with van der Waals surface area (Å²) >= 11 is 1.33. The van der Waals surface area contributed by atoms with Gasteiger partial charge in [-0.15, -0.1) is 11.8 Å². The highest BCUT2D eigenvalue weighted by molar-refractivity contribution is 8.00. The molecule has 0 radical (unpaired) electrons. The molecule has 0 unspecified atom stereocenters. The van der Waals surface area contributed by atoms with E-state index in [-0.39, 0.29) is 11.7 Å². The molecule has 140 valence electrons. The second kappa shape index (κ2) is 6.82. The van der Waals surface area contributed by atoms with E-state index in [1.54, 1.807) is 24.3 Å². The molecule has 2 aliphatic rings. The average Bonchev–Trinajstić information content (AvgIpc) is 3.03. The van der Waals surface area contributed by atoms with Crippen LogP contribution in [0.3, 0.4) is 0 Å². The molecule has 0 aromatic heterocycles. The van der Waals surface area contributed by atoms with Gasteiger partial charge >= 0.3 is 12.1 Å². The van der Waals surface area contributed by atoms with Gasteiger partial charge in [0, 0.05) is 18.0 Å². The summed E-state index contributed by atoms with van der Waals surface area (Å²) in [5.74, 6) is -6.27. The number of carboxylic acid groups (broad SMARTS) is 1. The lowest BCUT2D eigenvalue weighted by atomic mass is 9.96. The summed E-state index contributed by atoms with van der Waals surface area (Å²) in [5.41, 5.74) is 0.531. The Kier molecular flexibility index (Phi) is 4.87. The molecule has 1 N–H and O–H groups in total. The Balaban J connectivity index is 1.77. The quantitative estimate of drug-likeness (QED) is 0.855. The van der Waals surface area contributed by atoms with E-state index in [0.717, 1.165) is 9.80 Å². The van der Waals surface area contributed by atoms with E-state index >= 15 is 0 Å². The van der Waals surface area contributed by atoms with Crippen molar-refractivity contribution < 1.29 is 32.7 Å². The van der Waals surface area contributed by atoms with E-state index < -0.39 is 49.5 Å². The predicted molar refractivity (Wildman–Crippen MR) is 86.8 cm³/mol. The van der Waals surface area contributed by atoms with Crippen molar-refractivity contribution in [2.75, 3.05) is 30.3 Å². The third-order valence-electron chi connectivity index (χ3n) is 4.51. The Labute approximate surface area is 150 Å². The van der Waals surface area contributed by atoms with Crippen LogP contribution >= 0.6 is 11.8 Å². The van der Waals surface area contributed by atoms with Crippen molar-refractivity contribution in [2.45, 2.75) is 11.1 Å². The third kappa shape index (κ3) is 3.50. The highest BCUT2D eigenvalue weighted by Crippen LogP contribution is 2.38. The molecule has 3 rings (SSSR count). The van der Waals surface area contributed by atoms with Gasteiger partial charge in [0.1, 0.15) is 6.54 Å². The van der Waals surface area contributed by atoms with Crippen molar-refractivity contribution in [1.82, 2.24) is 4.90 Å². The standard InChI is InChI=1S/C16H15F3N2O4S/c17-16(18,19)10-6-20(5-9(10)15(24)25)13(22)7-21-11-3-1-2-4-12(11)26-8-14(21)23/h1-4,9-10H,5-8H2,(H,24,25)/t9-,10-/m1/s1. The van der Waals surface area contributed by atoms with Gasteiger partial charge in [-0.2, -0.15) is 13.2 Å². The van der Waals surface area contributed by atoms with E-state index in [4.69, 9.17) is 5.11 Å². The van der Waals surface area contributed by atoms with Crippen LogP contribution in [-0.2, 0) is 14.4 Å². The number of nitrogens with zero attached hydrogens (tertiary/aromatic N) is 2. The van der Waals surface area contributed by atoms with Gasteiger partial charge in [-0.05, 0) is 12.1 Å². The second-order valence-corrected chi connectivity index (χ2v) is 7.15. The van der Waals surface area contributed by atoms with Gasteiger partial charge in [-0.1, -0.05) is 12.1 Å². The lowest BCUT2D eigenvalue weighted by molar-refractivity contribution is -0.188. The molecule has 26 heavy (non-hydrogen) atoms. The Morgan fingerprint density at radius 2 is 1.92 bits per heavy atom. The SMILES string of the molecule is O=C(O)[C@@H]1CN(C(=O)CN2C(=O)CSc3ccccc32)C[C@H]1C(F)(F)F. The molecular formula is C16H15F3N2O4S. The molecule has 0 spiro atoms. The number of alkyl halides is 3. The minimum Gasteiger partial charge on any atom is -0.481 e. The molecule has 1 saturated heterocycles. The van der Waals surface area contributed by atoms with Crippen LogP contribution in [0, 0.1) is 11.8 Å². The van der Waals surface area contributed by atoms with E-state index in [1.807, 2.05) is 0 Å². The zero-order valence-corrected chi connectivity index (χ0v) is 14.2. The van der Waals surface area contributed by atoms with Crippen LogP contribution < -0.4 is 4.90 Å². The predicted octanol–water partition coefficient (Wildman–Crippen LogP) is 1.85. The summed E-state index contributed by atoms with van der Waals surface area (Å²) in [7, 11) is 0. The first-order valence-corrected chi connectivity index (χ1v) is 8.76. The smallest absolute Gasteiger partial charge is 0.394 e. The largest absolute Gasteiger partial charge is 0.481 e. The monoisotopic (exact) mass is 388 g/mol. The number of hydrogen-bond donors (Lipinski definition) is 1. The highest BCUT2D eigenvalue weighted by atomic mass is 32.2. The van der Waals surface area contributed by atoms with Crippen LogP contribution in [0.4, 0.5) is 18.9 Å². The summed E-state index contributed by atoms with van der Waals surface area (Å²) in [4.78, 5) is 38.7. The topological polar surface area (TPSA) is 77.9 Å². The van der Waals surface area contributed by atoms with Crippen LogP contribution in [-0.4, -0.2) is 59.4 Å². The molecule has 1 aromatic carbocycles. The van der Waals surface area contributed by atoms with Crippen molar-refractivity contribution >= 4 is 35.2 Å². The Bertz CT molecular complexity index is 755. The van der Waals surface area contributed by atoms with Crippen LogP contribution in [0.1, 0.15) is 0 Å². The second-order valence-electron chi connectivity index (χ2n) is 6.13. The van der Waals surface area contributed by atoms with E-state index in [9.17, 15) is 27.6 Å². The number of rotatable bonds is 3. The van der Waals surface area contributed by atoms with Crippen LogP contribution in [0.25, 0.3) is 0 Å². The normalized spacial score (nSPS) is 23.1. The van der Waals surface area contributed by atoms with Gasteiger partial charge in [0.15, 0.2) is 0 Å². The Morgan fingerprint density at radius 3 is 2.54 bits per heavy atom. The van der Waals surface area contributed by atoms with Crippen molar-refractivity contribution in [3.05, 3.63) is 24.3 Å². The maximum Gasteiger partial charge on any atom is 0.394 e. The number of aliphatic carboxylic acids is 1. The molecule has 1 fully saturated rings. The number of thioether (sulfide) groups is 1. The van der Waals surface area contributed by atoms with Crippen molar-refractivity contribution in [1.29, 1.82) is 0 Å². The number of carbonyl (C=O) groups excluding carboxylic acids is 2. The van der Waals surface area contributed by atoms with Crippen LogP contribution in [0.15, 0.2) is 29.2 Å². The van der Waals surface area contributed by atoms with Crippen LogP contribution in [0.2, 0.25) is 0 Å². The first kappa shape index (κ1) is 18.6. The minimum atomic E-state index is -4.71. The van der Waals surface area contributed by atoms with E-state index in [2.05, 4.69) is 0 Å². The minimum absolute atomic E-state index is 0.132. The summed E-state index contributed by atoms with van der Waals surface area (Å²) < 4.78 is 39.2. The maximum atomic E-state index is 13.1. The van der Waals surface area contributed by atoms with Gasteiger partial charge in [-0.25, -0.2) is 0 Å². The fourth-order valence-electron chi connectivity index (χ4n) is 3.15. The maximum absolute atomic E-state index is 13.1. The number of hydrogen-bond acceptors (Lipinski definition) is 4. The molecule has 6 nitrogen and oxygen atoms in total. The molecular weight excluding hydrogens is 373 g/mol. The number of amides is 2. The van der Waals surface area contributed by atoms with Gasteiger partial charge in [-0.3, -0.25) is 14.4 Å². The highest BCUT2D eigenvalue weighted by Gasteiger charge is 2.53. The van der Waals surface area contributed by atoms with Crippen molar-refractivity contribution in [3.63, 3.8) is 0 Å². The molecule has 0 aliphatic carbocycles. The molecule has 2 amide bonds. The molecule has 2 atom stereocenters. The number of para-hydroxylation sites is 1. The summed E-state index contributed by atoms with van der Waals surface area (Å²) in [6.45, 7) is -1.64. The Morgan fingerprint density at radius 1 is 1.23 bits per heavy atom. The average molecular weight is 388 g/mol. The molecule has 0 bridgehead atoms. The van der Waals surface area contributed by atoms with E-state index in [0.29, 0.717) is 5.69 Å². The molecule has 2 heterocycles. The van der Waals surface area contributed by atoms with Crippen molar-refractivity contribution in [3.8, 4) is 0 Å². The fraction of sp³-hybridized carbons (Fsp3) is 0.438. The molecule has 2 aliphatic heterocycles. The number of likely N-dealkylation sites (tertiary alicyclic amines) is 1. The summed E-state index contributed by atoms with van der Waals surface area (Å²) in [6.07, 6.45) is -4.71. The lowest BCUT2D eigenvalue weighted by Gasteiger charge is -2.30. The summed E-state index contributed by atoms with van der Waals surface area (Å²) in [5, 5.41) is 9.03. The van der Waals surface area contributed by atoms with Gasteiger partial charge in [0.05, 0.1) is 23.3 Å². The number of carbonyl (C=O) groups is 3. The third-order valence-corrected chi connectivity index (χ3v) is 5.56. The first-order valence-electron chi connectivity index (χ1n) is 7.78. The number of fused-ring (bicyclic) bond motifs is 1. The van der Waals surface area contributed by atoms with Crippen molar-refractivity contribution in [2.24, 2.45) is 11.8 Å². The first-order chi connectivity index (χ1) is 12.2. The lowest BCUT2D eigenvalue weighted by Crippen LogP contribution is -2.44. The number of anilines is 1. The van der Waals surface area contributed by atoms with E-state index in [1.165, 1.54) is 16.7 Å². The van der Waals surface area contributed by atoms with Gasteiger partial charge in [0.25, 0.3) is 0 Å². The Hall–Kier alpha value is -2.23. The van der Waals surface area contributed by atoms with Gasteiger partial charge < -0.3 is 14.9 Å². The number of benzene rings is 1. The number of carboxylic acids is 1. The van der Waals surface area contributed by atoms with Gasteiger partial charge in [0.2, 0.25) is 11.8 Å².